The normalized spacial score (nSPS) is 17.9. The Morgan fingerprint density at radius 2 is 1.89 bits per heavy atom. The average molecular weight is 257 g/mol. The van der Waals surface area contributed by atoms with Crippen LogP contribution < -0.4 is 5.32 Å². The molecule has 1 aliphatic carbocycles. The topological polar surface area (TPSA) is 64.6 Å². The summed E-state index contributed by atoms with van der Waals surface area (Å²) in [6.07, 6.45) is 5.04. The zero-order chi connectivity index (χ0) is 13.4. The van der Waals surface area contributed by atoms with Gasteiger partial charge >= 0.3 is 12.1 Å². The van der Waals surface area contributed by atoms with Gasteiger partial charge in [0.05, 0.1) is 0 Å². The molecule has 0 spiro atoms. The summed E-state index contributed by atoms with van der Waals surface area (Å²) in [6.45, 7) is 3.87. The van der Waals surface area contributed by atoms with Crippen molar-refractivity contribution in [2.45, 2.75) is 58.7 Å². The van der Waals surface area contributed by atoms with Gasteiger partial charge in [0.2, 0.25) is 6.29 Å². The minimum atomic E-state index is -0.830. The number of carbonyl (C=O) groups excluding carboxylic acids is 2. The molecule has 0 aromatic heterocycles. The summed E-state index contributed by atoms with van der Waals surface area (Å²) in [5, 5.41) is 2.72. The number of amides is 1. The molecule has 0 aromatic rings. The molecular weight excluding hydrogens is 234 g/mol. The van der Waals surface area contributed by atoms with Crippen molar-refractivity contribution >= 4 is 12.1 Å². The first-order chi connectivity index (χ1) is 8.61. The highest BCUT2D eigenvalue weighted by Crippen LogP contribution is 2.22. The fourth-order valence-electron chi connectivity index (χ4n) is 2.10. The lowest BCUT2D eigenvalue weighted by Crippen LogP contribution is -2.33. The molecule has 1 saturated carbocycles. The minimum absolute atomic E-state index is 0.275. The molecule has 0 aliphatic heterocycles. The van der Waals surface area contributed by atoms with Crippen LogP contribution in [0.3, 0.4) is 0 Å². The summed E-state index contributed by atoms with van der Waals surface area (Å²) < 4.78 is 9.76. The highest BCUT2D eigenvalue weighted by molar-refractivity contribution is 5.70. The van der Waals surface area contributed by atoms with Gasteiger partial charge in [-0.25, -0.2) is 4.79 Å². The van der Waals surface area contributed by atoms with Crippen LogP contribution >= 0.6 is 0 Å². The monoisotopic (exact) mass is 257 g/mol. The van der Waals surface area contributed by atoms with Gasteiger partial charge in [0.25, 0.3) is 0 Å². The van der Waals surface area contributed by atoms with E-state index in [2.05, 4.69) is 5.32 Å². The van der Waals surface area contributed by atoms with Gasteiger partial charge in [0, 0.05) is 19.9 Å². The third-order valence-electron chi connectivity index (χ3n) is 3.12. The van der Waals surface area contributed by atoms with Crippen LogP contribution in [0.15, 0.2) is 0 Å². The number of ether oxygens (including phenoxy) is 2. The Balaban J connectivity index is 2.14. The Morgan fingerprint density at radius 1 is 1.22 bits per heavy atom. The second kappa shape index (κ2) is 7.95. The largest absolute Gasteiger partial charge is 0.425 e. The highest BCUT2D eigenvalue weighted by atomic mass is 16.7. The van der Waals surface area contributed by atoms with Crippen LogP contribution in [0.5, 0.6) is 0 Å². The zero-order valence-corrected chi connectivity index (χ0v) is 11.2. The van der Waals surface area contributed by atoms with Crippen LogP contribution in [-0.2, 0) is 14.3 Å². The number of esters is 1. The van der Waals surface area contributed by atoms with Crippen LogP contribution in [0.2, 0.25) is 0 Å². The Labute approximate surface area is 108 Å². The van der Waals surface area contributed by atoms with E-state index in [9.17, 15) is 9.59 Å². The molecular formula is C13H23NO4. The van der Waals surface area contributed by atoms with Gasteiger partial charge in [-0.3, -0.25) is 4.79 Å². The van der Waals surface area contributed by atoms with Crippen LogP contribution in [0, 0.1) is 5.92 Å². The van der Waals surface area contributed by atoms with Crippen LogP contribution in [0.1, 0.15) is 52.4 Å². The first-order valence-electron chi connectivity index (χ1n) is 6.75. The predicted octanol–water partition coefficient (Wildman–Crippen LogP) is 2.59. The van der Waals surface area contributed by atoms with Gasteiger partial charge in [-0.15, -0.1) is 0 Å². The van der Waals surface area contributed by atoms with E-state index in [0.29, 0.717) is 12.5 Å². The average Bonchev–Trinajstić information content (AvgIpc) is 2.37. The molecule has 18 heavy (non-hydrogen) atoms. The van der Waals surface area contributed by atoms with Gasteiger partial charge in [-0.2, -0.15) is 0 Å². The van der Waals surface area contributed by atoms with Crippen molar-refractivity contribution in [3.63, 3.8) is 0 Å². The molecule has 0 radical (unpaired) electrons. The van der Waals surface area contributed by atoms with Crippen molar-refractivity contribution < 1.29 is 19.1 Å². The van der Waals surface area contributed by atoms with Gasteiger partial charge in [-0.05, 0) is 18.8 Å². The third-order valence-corrected chi connectivity index (χ3v) is 3.12. The highest BCUT2D eigenvalue weighted by Gasteiger charge is 2.16. The SMILES string of the molecule is CCC(=O)OC(C)OC(=O)NCC1CCCCC1. The molecule has 104 valence electrons. The summed E-state index contributed by atoms with van der Waals surface area (Å²) in [5.41, 5.74) is 0. The summed E-state index contributed by atoms with van der Waals surface area (Å²) in [6, 6.07) is 0. The molecule has 1 atom stereocenters. The van der Waals surface area contributed by atoms with E-state index in [-0.39, 0.29) is 12.4 Å². The van der Waals surface area contributed by atoms with Gasteiger partial charge in [0.15, 0.2) is 0 Å². The molecule has 0 bridgehead atoms. The number of hydrogen-bond acceptors (Lipinski definition) is 4. The molecule has 0 aromatic carbocycles. The Morgan fingerprint density at radius 3 is 2.50 bits per heavy atom. The lowest BCUT2D eigenvalue weighted by Gasteiger charge is -2.22. The first-order valence-corrected chi connectivity index (χ1v) is 6.75. The Bertz CT molecular complexity index is 274. The smallest absolute Gasteiger partial charge is 0.410 e. The van der Waals surface area contributed by atoms with Crippen molar-refractivity contribution in [3.8, 4) is 0 Å². The Kier molecular flexibility index (Phi) is 6.54. The maximum absolute atomic E-state index is 11.4. The molecule has 5 heteroatoms. The van der Waals surface area contributed by atoms with E-state index in [1.807, 2.05) is 0 Å². The molecule has 0 saturated heterocycles. The van der Waals surface area contributed by atoms with Crippen LogP contribution in [0.4, 0.5) is 4.79 Å². The van der Waals surface area contributed by atoms with Gasteiger partial charge in [-0.1, -0.05) is 26.2 Å². The van der Waals surface area contributed by atoms with E-state index in [1.165, 1.54) is 39.0 Å². The number of nitrogens with one attached hydrogen (secondary N) is 1. The molecule has 1 fully saturated rings. The van der Waals surface area contributed by atoms with Gasteiger partial charge in [0.1, 0.15) is 0 Å². The maximum Gasteiger partial charge on any atom is 0.410 e. The molecule has 1 unspecified atom stereocenters. The lowest BCUT2D eigenvalue weighted by molar-refractivity contribution is -0.164. The lowest BCUT2D eigenvalue weighted by atomic mass is 9.89. The van der Waals surface area contributed by atoms with Crippen molar-refractivity contribution in [1.29, 1.82) is 0 Å². The van der Waals surface area contributed by atoms with E-state index in [4.69, 9.17) is 9.47 Å². The van der Waals surface area contributed by atoms with Crippen molar-refractivity contribution in [3.05, 3.63) is 0 Å². The summed E-state index contributed by atoms with van der Waals surface area (Å²) >= 11 is 0. The predicted molar refractivity (Wildman–Crippen MR) is 66.9 cm³/mol. The standard InChI is InChI=1S/C13H23NO4/c1-3-12(15)17-10(2)18-13(16)14-9-11-7-5-4-6-8-11/h10-11H,3-9H2,1-2H3,(H,14,16). The number of carbonyl (C=O) groups is 2. The molecule has 1 aliphatic rings. The number of alkyl carbamates (subject to hydrolysis) is 1. The maximum atomic E-state index is 11.4. The molecule has 5 nitrogen and oxygen atoms in total. The summed E-state index contributed by atoms with van der Waals surface area (Å²) in [4.78, 5) is 22.4. The van der Waals surface area contributed by atoms with Crippen molar-refractivity contribution in [2.24, 2.45) is 5.92 Å². The fourth-order valence-corrected chi connectivity index (χ4v) is 2.10. The summed E-state index contributed by atoms with van der Waals surface area (Å²) in [7, 11) is 0. The van der Waals surface area contributed by atoms with E-state index < -0.39 is 12.4 Å². The van der Waals surface area contributed by atoms with Crippen LogP contribution in [0.25, 0.3) is 0 Å². The Hall–Kier alpha value is -1.26. The van der Waals surface area contributed by atoms with E-state index >= 15 is 0 Å². The molecule has 1 amide bonds. The van der Waals surface area contributed by atoms with Crippen molar-refractivity contribution in [2.75, 3.05) is 6.54 Å². The molecule has 1 N–H and O–H groups in total. The van der Waals surface area contributed by atoms with E-state index in [1.54, 1.807) is 6.92 Å². The molecule has 1 rings (SSSR count). The van der Waals surface area contributed by atoms with Gasteiger partial charge < -0.3 is 14.8 Å². The number of hydrogen-bond donors (Lipinski definition) is 1. The second-order valence-corrected chi connectivity index (χ2v) is 4.70. The minimum Gasteiger partial charge on any atom is -0.425 e. The van der Waals surface area contributed by atoms with E-state index in [0.717, 1.165) is 0 Å². The quantitative estimate of drug-likeness (QED) is 0.607. The third kappa shape index (κ3) is 5.89. The fraction of sp³-hybridized carbons (Fsp3) is 0.846. The van der Waals surface area contributed by atoms with Crippen LogP contribution in [-0.4, -0.2) is 24.9 Å². The summed E-state index contributed by atoms with van der Waals surface area (Å²) in [5.74, 6) is 0.183. The molecule has 0 heterocycles. The first kappa shape index (κ1) is 14.8. The number of rotatable bonds is 5. The second-order valence-electron chi connectivity index (χ2n) is 4.70. The zero-order valence-electron chi connectivity index (χ0n) is 11.2. The van der Waals surface area contributed by atoms with Crippen molar-refractivity contribution in [1.82, 2.24) is 5.32 Å².